The fourth-order valence-corrected chi connectivity index (χ4v) is 2.99. The molecule has 0 spiro atoms. The number of nitrogens with zero attached hydrogens (tertiary/aromatic N) is 3. The molecule has 5 heteroatoms. The second kappa shape index (κ2) is 5.32. The number of fused-ring (bicyclic) bond motifs is 1. The molecule has 1 aromatic carbocycles. The molecule has 0 aliphatic heterocycles. The van der Waals surface area contributed by atoms with Crippen LogP contribution in [0.2, 0.25) is 10.0 Å². The molecule has 0 aliphatic carbocycles. The van der Waals surface area contributed by atoms with Crippen LogP contribution in [-0.4, -0.2) is 14.6 Å². The van der Waals surface area contributed by atoms with Crippen molar-refractivity contribution in [2.45, 2.75) is 26.7 Å². The molecule has 3 aromatic rings. The Morgan fingerprint density at radius 3 is 2.33 bits per heavy atom. The van der Waals surface area contributed by atoms with E-state index in [2.05, 4.69) is 18.9 Å². The van der Waals surface area contributed by atoms with Crippen molar-refractivity contribution in [3.8, 4) is 11.1 Å². The number of aromatic nitrogens is 3. The van der Waals surface area contributed by atoms with Gasteiger partial charge in [-0.05, 0) is 31.0 Å². The van der Waals surface area contributed by atoms with Crippen molar-refractivity contribution in [3.63, 3.8) is 0 Å². The predicted molar refractivity (Wildman–Crippen MR) is 87.3 cm³/mol. The minimum atomic E-state index is 0.347. The van der Waals surface area contributed by atoms with Crippen molar-refractivity contribution in [2.75, 3.05) is 0 Å². The second-order valence-corrected chi connectivity index (χ2v) is 6.15. The highest BCUT2D eigenvalue weighted by atomic mass is 35.5. The largest absolute Gasteiger partial charge is 0.233 e. The summed E-state index contributed by atoms with van der Waals surface area (Å²) in [6.07, 6.45) is 1.93. The van der Waals surface area contributed by atoms with E-state index in [1.54, 1.807) is 4.52 Å². The molecule has 0 aliphatic rings. The van der Waals surface area contributed by atoms with E-state index in [0.29, 0.717) is 16.0 Å². The summed E-state index contributed by atoms with van der Waals surface area (Å²) in [5.74, 6) is 0.347. The first-order valence-corrected chi connectivity index (χ1v) is 7.55. The fraction of sp³-hybridized carbons (Fsp3) is 0.250. The quantitative estimate of drug-likeness (QED) is 0.655. The molecule has 0 unspecified atom stereocenters. The van der Waals surface area contributed by atoms with E-state index >= 15 is 0 Å². The molecule has 0 fully saturated rings. The van der Waals surface area contributed by atoms with Crippen molar-refractivity contribution in [3.05, 3.63) is 51.9 Å². The van der Waals surface area contributed by atoms with Gasteiger partial charge in [0.1, 0.15) is 0 Å². The highest BCUT2D eigenvalue weighted by molar-refractivity contribution is 6.39. The molecule has 0 N–H and O–H groups in total. The Morgan fingerprint density at radius 2 is 1.71 bits per heavy atom. The Bertz CT molecular complexity index is 801. The number of benzene rings is 1. The number of rotatable bonds is 2. The molecule has 21 heavy (non-hydrogen) atoms. The van der Waals surface area contributed by atoms with Gasteiger partial charge in [0.15, 0.2) is 5.65 Å². The number of halogens is 2. The van der Waals surface area contributed by atoms with E-state index in [1.165, 1.54) is 0 Å². The standard InChI is InChI=1S/C16H15Cl2N3/c1-9(2)13-7-8-21-16(19-13)14(10(3)20-21)15-11(17)5-4-6-12(15)18/h4-9H,1-3H3. The summed E-state index contributed by atoms with van der Waals surface area (Å²) in [6.45, 7) is 6.17. The van der Waals surface area contributed by atoms with Gasteiger partial charge in [-0.3, -0.25) is 0 Å². The molecular formula is C16H15Cl2N3. The molecule has 0 amide bonds. The first-order chi connectivity index (χ1) is 9.99. The topological polar surface area (TPSA) is 30.2 Å². The summed E-state index contributed by atoms with van der Waals surface area (Å²) in [4.78, 5) is 4.74. The Balaban J connectivity index is 2.36. The van der Waals surface area contributed by atoms with Crippen molar-refractivity contribution in [1.29, 1.82) is 0 Å². The summed E-state index contributed by atoms with van der Waals surface area (Å²) < 4.78 is 1.77. The van der Waals surface area contributed by atoms with Crippen molar-refractivity contribution < 1.29 is 0 Å². The van der Waals surface area contributed by atoms with Crippen LogP contribution in [0.25, 0.3) is 16.8 Å². The lowest BCUT2D eigenvalue weighted by atomic mass is 10.1. The lowest BCUT2D eigenvalue weighted by molar-refractivity contribution is 0.807. The maximum atomic E-state index is 6.35. The molecule has 3 rings (SSSR count). The second-order valence-electron chi connectivity index (χ2n) is 5.33. The number of aryl methyl sites for hydroxylation is 1. The Labute approximate surface area is 133 Å². The minimum Gasteiger partial charge on any atom is -0.233 e. The highest BCUT2D eigenvalue weighted by Crippen LogP contribution is 2.38. The molecule has 3 nitrogen and oxygen atoms in total. The van der Waals surface area contributed by atoms with E-state index < -0.39 is 0 Å². The van der Waals surface area contributed by atoms with Crippen molar-refractivity contribution in [1.82, 2.24) is 14.6 Å². The van der Waals surface area contributed by atoms with Gasteiger partial charge in [0, 0.05) is 17.5 Å². The maximum absolute atomic E-state index is 6.35. The first-order valence-electron chi connectivity index (χ1n) is 6.79. The predicted octanol–water partition coefficient (Wildman–Crippen LogP) is 5.13. The molecule has 0 atom stereocenters. The van der Waals surface area contributed by atoms with Gasteiger partial charge in [0.05, 0.1) is 21.3 Å². The average molecular weight is 320 g/mol. The number of hydrogen-bond donors (Lipinski definition) is 0. The summed E-state index contributed by atoms with van der Waals surface area (Å²) in [7, 11) is 0. The SMILES string of the molecule is Cc1nn2ccc(C(C)C)nc2c1-c1c(Cl)cccc1Cl. The van der Waals surface area contributed by atoms with E-state index in [-0.39, 0.29) is 0 Å². The van der Waals surface area contributed by atoms with Crippen LogP contribution < -0.4 is 0 Å². The molecule has 0 bridgehead atoms. The van der Waals surface area contributed by atoms with Crippen LogP contribution in [0.4, 0.5) is 0 Å². The van der Waals surface area contributed by atoms with Crippen LogP contribution in [0.1, 0.15) is 31.2 Å². The zero-order chi connectivity index (χ0) is 15.1. The van der Waals surface area contributed by atoms with Gasteiger partial charge >= 0.3 is 0 Å². The average Bonchev–Trinajstić information content (AvgIpc) is 2.74. The van der Waals surface area contributed by atoms with Crippen LogP contribution in [0.15, 0.2) is 30.5 Å². The van der Waals surface area contributed by atoms with Gasteiger partial charge in [0.25, 0.3) is 0 Å². The lowest BCUT2D eigenvalue weighted by Crippen LogP contribution is -1.97. The van der Waals surface area contributed by atoms with Gasteiger partial charge in [-0.15, -0.1) is 0 Å². The van der Waals surface area contributed by atoms with E-state index in [4.69, 9.17) is 28.2 Å². The van der Waals surface area contributed by atoms with Crippen LogP contribution >= 0.6 is 23.2 Å². The van der Waals surface area contributed by atoms with Crippen molar-refractivity contribution >= 4 is 28.8 Å². The van der Waals surface area contributed by atoms with Crippen LogP contribution in [0.5, 0.6) is 0 Å². The number of hydrogen-bond acceptors (Lipinski definition) is 2. The summed E-state index contributed by atoms with van der Waals surface area (Å²) >= 11 is 12.7. The van der Waals surface area contributed by atoms with E-state index in [0.717, 1.165) is 28.2 Å². The van der Waals surface area contributed by atoms with Gasteiger partial charge in [-0.1, -0.05) is 43.1 Å². The summed E-state index contributed by atoms with van der Waals surface area (Å²) in [5.41, 5.74) is 4.36. The van der Waals surface area contributed by atoms with Crippen molar-refractivity contribution in [2.24, 2.45) is 0 Å². The smallest absolute Gasteiger partial charge is 0.163 e. The lowest BCUT2D eigenvalue weighted by Gasteiger charge is -2.08. The van der Waals surface area contributed by atoms with Crippen LogP contribution in [0.3, 0.4) is 0 Å². The van der Waals surface area contributed by atoms with Crippen LogP contribution in [-0.2, 0) is 0 Å². The minimum absolute atomic E-state index is 0.347. The normalized spacial score (nSPS) is 11.5. The molecular weight excluding hydrogens is 305 g/mol. The van der Waals surface area contributed by atoms with E-state index in [1.807, 2.05) is 37.4 Å². The van der Waals surface area contributed by atoms with Gasteiger partial charge in [0.2, 0.25) is 0 Å². The molecule has 2 aromatic heterocycles. The van der Waals surface area contributed by atoms with Gasteiger partial charge in [-0.2, -0.15) is 5.10 Å². The van der Waals surface area contributed by atoms with Gasteiger partial charge < -0.3 is 0 Å². The highest BCUT2D eigenvalue weighted by Gasteiger charge is 2.19. The Kier molecular flexibility index (Phi) is 3.64. The molecule has 0 saturated carbocycles. The monoisotopic (exact) mass is 319 g/mol. The fourth-order valence-electron chi connectivity index (χ4n) is 2.40. The third-order valence-corrected chi connectivity index (χ3v) is 4.12. The third kappa shape index (κ3) is 2.41. The molecule has 108 valence electrons. The first kappa shape index (κ1) is 14.4. The Morgan fingerprint density at radius 1 is 1.05 bits per heavy atom. The van der Waals surface area contributed by atoms with Crippen LogP contribution in [0, 0.1) is 6.92 Å². The van der Waals surface area contributed by atoms with E-state index in [9.17, 15) is 0 Å². The van der Waals surface area contributed by atoms with Gasteiger partial charge in [-0.25, -0.2) is 9.50 Å². The molecule has 0 saturated heterocycles. The third-order valence-electron chi connectivity index (χ3n) is 3.49. The zero-order valence-corrected chi connectivity index (χ0v) is 13.6. The molecule has 2 heterocycles. The zero-order valence-electron chi connectivity index (χ0n) is 12.1. The Hall–Kier alpha value is -1.58. The maximum Gasteiger partial charge on any atom is 0.163 e. The summed E-state index contributed by atoms with van der Waals surface area (Å²) in [5, 5.41) is 5.73. The summed E-state index contributed by atoms with van der Waals surface area (Å²) in [6, 6.07) is 7.49. The molecule has 0 radical (unpaired) electrons.